The molecule has 0 fully saturated rings. The number of aromatic carboxylic acids is 1. The van der Waals surface area contributed by atoms with Crippen molar-refractivity contribution >= 4 is 33.5 Å². The molecule has 0 aliphatic heterocycles. The molecule has 2 rings (SSSR count). The van der Waals surface area contributed by atoms with Crippen LogP contribution in [0.25, 0.3) is 0 Å². The lowest BCUT2D eigenvalue weighted by molar-refractivity contribution is 0.0696. The van der Waals surface area contributed by atoms with Crippen LogP contribution in [0.3, 0.4) is 0 Å². The molecule has 0 saturated heterocycles. The highest BCUT2D eigenvalue weighted by Gasteiger charge is 2.14. The highest BCUT2D eigenvalue weighted by atomic mass is 79.9. The van der Waals surface area contributed by atoms with E-state index in [1.807, 2.05) is 0 Å². The fourth-order valence-corrected chi connectivity index (χ4v) is 1.95. The third-order valence-electron chi connectivity index (χ3n) is 2.44. The van der Waals surface area contributed by atoms with Gasteiger partial charge in [0, 0.05) is 6.20 Å². The molecule has 0 saturated carbocycles. The molecule has 2 N–H and O–H groups in total. The summed E-state index contributed by atoms with van der Waals surface area (Å²) in [4.78, 5) is 26.5. The number of carbonyl (C=O) groups is 2. The van der Waals surface area contributed by atoms with Crippen molar-refractivity contribution in [2.24, 2.45) is 0 Å². The molecule has 0 spiro atoms. The molecule has 0 aliphatic carbocycles. The lowest BCUT2D eigenvalue weighted by atomic mass is 10.2. The maximum atomic E-state index is 13.3. The molecule has 1 amide bonds. The number of hydrogen-bond donors (Lipinski definition) is 2. The Kier molecular flexibility index (Phi) is 4.09. The fraction of sp³-hybridized carbons (Fsp3) is 0. The monoisotopic (exact) mass is 338 g/mol. The molecule has 1 aromatic carbocycles. The minimum Gasteiger partial charge on any atom is -0.478 e. The summed E-state index contributed by atoms with van der Waals surface area (Å²) >= 11 is 2.99. The Morgan fingerprint density at radius 3 is 2.75 bits per heavy atom. The fourth-order valence-electron chi connectivity index (χ4n) is 1.50. The second-order valence-corrected chi connectivity index (χ2v) is 4.62. The third kappa shape index (κ3) is 3.00. The van der Waals surface area contributed by atoms with E-state index in [1.54, 1.807) is 0 Å². The van der Waals surface area contributed by atoms with Crippen LogP contribution in [-0.4, -0.2) is 22.0 Å². The summed E-state index contributed by atoms with van der Waals surface area (Å²) in [5.41, 5.74) is 0.262. The van der Waals surface area contributed by atoms with Gasteiger partial charge < -0.3 is 10.4 Å². The van der Waals surface area contributed by atoms with Crippen molar-refractivity contribution in [1.82, 2.24) is 4.98 Å². The van der Waals surface area contributed by atoms with Gasteiger partial charge in [0.2, 0.25) is 0 Å². The molecule has 102 valence electrons. The molecule has 2 aromatic rings. The van der Waals surface area contributed by atoms with Gasteiger partial charge in [-0.25, -0.2) is 9.18 Å². The SMILES string of the molecule is O=C(O)c1cncc(NC(=O)c2cccc(F)c2Br)c1. The minimum atomic E-state index is -1.15. The molecule has 0 aliphatic rings. The van der Waals surface area contributed by atoms with Crippen LogP contribution in [-0.2, 0) is 0 Å². The van der Waals surface area contributed by atoms with Crippen molar-refractivity contribution in [3.63, 3.8) is 0 Å². The third-order valence-corrected chi connectivity index (χ3v) is 3.25. The van der Waals surface area contributed by atoms with E-state index < -0.39 is 17.7 Å². The average Bonchev–Trinajstić information content (AvgIpc) is 2.42. The van der Waals surface area contributed by atoms with Crippen LogP contribution in [0.15, 0.2) is 41.1 Å². The van der Waals surface area contributed by atoms with Gasteiger partial charge in [-0.3, -0.25) is 9.78 Å². The number of nitrogens with one attached hydrogen (secondary N) is 1. The summed E-state index contributed by atoms with van der Waals surface area (Å²) < 4.78 is 13.4. The zero-order valence-corrected chi connectivity index (χ0v) is 11.5. The average molecular weight is 339 g/mol. The Hall–Kier alpha value is -2.28. The van der Waals surface area contributed by atoms with Gasteiger partial charge in [0.15, 0.2) is 0 Å². The van der Waals surface area contributed by atoms with Gasteiger partial charge in [-0.15, -0.1) is 0 Å². The van der Waals surface area contributed by atoms with E-state index in [1.165, 1.54) is 30.5 Å². The lowest BCUT2D eigenvalue weighted by Gasteiger charge is -2.07. The van der Waals surface area contributed by atoms with Crippen LogP contribution < -0.4 is 5.32 Å². The Labute approximate surface area is 121 Å². The number of rotatable bonds is 3. The van der Waals surface area contributed by atoms with Gasteiger partial charge in [-0.2, -0.15) is 0 Å². The molecule has 0 radical (unpaired) electrons. The van der Waals surface area contributed by atoms with Crippen LogP contribution in [0.1, 0.15) is 20.7 Å². The van der Waals surface area contributed by atoms with Crippen molar-refractivity contribution in [3.05, 3.63) is 58.1 Å². The van der Waals surface area contributed by atoms with Crippen molar-refractivity contribution in [1.29, 1.82) is 0 Å². The predicted molar refractivity (Wildman–Crippen MR) is 73.2 cm³/mol. The topological polar surface area (TPSA) is 79.3 Å². The highest BCUT2D eigenvalue weighted by Crippen LogP contribution is 2.21. The van der Waals surface area contributed by atoms with Gasteiger partial charge in [0.1, 0.15) is 5.82 Å². The largest absolute Gasteiger partial charge is 0.478 e. The van der Waals surface area contributed by atoms with E-state index >= 15 is 0 Å². The van der Waals surface area contributed by atoms with Crippen LogP contribution in [0.5, 0.6) is 0 Å². The number of halogens is 2. The second-order valence-electron chi connectivity index (χ2n) is 3.82. The normalized spacial score (nSPS) is 10.1. The first-order chi connectivity index (χ1) is 9.49. The minimum absolute atomic E-state index is 0.0415. The summed E-state index contributed by atoms with van der Waals surface area (Å²) in [6.45, 7) is 0. The first kappa shape index (κ1) is 14.1. The number of carboxylic acids is 1. The summed E-state index contributed by atoms with van der Waals surface area (Å²) in [5, 5.41) is 11.3. The van der Waals surface area contributed by atoms with Gasteiger partial charge in [-0.1, -0.05) is 6.07 Å². The molecule has 20 heavy (non-hydrogen) atoms. The van der Waals surface area contributed by atoms with Gasteiger partial charge in [0.25, 0.3) is 5.91 Å². The Bertz CT molecular complexity index is 691. The van der Waals surface area contributed by atoms with Crippen LogP contribution in [0.4, 0.5) is 10.1 Å². The Balaban J connectivity index is 2.26. The maximum absolute atomic E-state index is 13.3. The standard InChI is InChI=1S/C13H8BrFN2O3/c14-11-9(2-1-3-10(11)15)12(18)17-8-4-7(13(19)20)5-16-6-8/h1-6H,(H,17,18)(H,19,20). The van der Waals surface area contributed by atoms with Crippen molar-refractivity contribution < 1.29 is 19.1 Å². The van der Waals surface area contributed by atoms with Crippen LogP contribution >= 0.6 is 15.9 Å². The van der Waals surface area contributed by atoms with Crippen molar-refractivity contribution in [3.8, 4) is 0 Å². The number of benzene rings is 1. The zero-order chi connectivity index (χ0) is 14.7. The summed E-state index contributed by atoms with van der Waals surface area (Å²) in [5.74, 6) is -2.28. The smallest absolute Gasteiger partial charge is 0.337 e. The number of amides is 1. The molecule has 1 heterocycles. The van der Waals surface area contributed by atoms with Gasteiger partial charge >= 0.3 is 5.97 Å². The highest BCUT2D eigenvalue weighted by molar-refractivity contribution is 9.10. The second kappa shape index (κ2) is 5.79. The number of aromatic nitrogens is 1. The number of anilines is 1. The molecular formula is C13H8BrFN2O3. The lowest BCUT2D eigenvalue weighted by Crippen LogP contribution is -2.13. The van der Waals surface area contributed by atoms with E-state index in [-0.39, 0.29) is 21.3 Å². The molecule has 0 atom stereocenters. The maximum Gasteiger partial charge on any atom is 0.337 e. The molecule has 7 heteroatoms. The van der Waals surface area contributed by atoms with Crippen LogP contribution in [0, 0.1) is 5.82 Å². The van der Waals surface area contributed by atoms with E-state index in [0.717, 1.165) is 6.20 Å². The first-order valence-electron chi connectivity index (χ1n) is 5.42. The molecule has 0 unspecified atom stereocenters. The van der Waals surface area contributed by atoms with Crippen molar-refractivity contribution in [2.45, 2.75) is 0 Å². The van der Waals surface area contributed by atoms with Crippen LogP contribution in [0.2, 0.25) is 0 Å². The van der Waals surface area contributed by atoms with E-state index in [2.05, 4.69) is 26.2 Å². The predicted octanol–water partition coefficient (Wildman–Crippen LogP) is 2.93. The molecule has 0 bridgehead atoms. The van der Waals surface area contributed by atoms with Gasteiger partial charge in [0.05, 0.1) is 27.5 Å². The van der Waals surface area contributed by atoms with Crippen molar-refractivity contribution in [2.75, 3.05) is 5.32 Å². The quantitative estimate of drug-likeness (QED) is 0.901. The zero-order valence-electron chi connectivity index (χ0n) is 9.93. The number of carbonyl (C=O) groups excluding carboxylic acids is 1. The van der Waals surface area contributed by atoms with Gasteiger partial charge in [-0.05, 0) is 34.1 Å². The summed E-state index contributed by atoms with van der Waals surface area (Å²) in [6.07, 6.45) is 2.47. The Morgan fingerprint density at radius 2 is 2.05 bits per heavy atom. The summed E-state index contributed by atoms with van der Waals surface area (Å²) in [6, 6.07) is 5.33. The number of nitrogens with zero attached hydrogens (tertiary/aromatic N) is 1. The summed E-state index contributed by atoms with van der Waals surface area (Å²) in [7, 11) is 0. The van der Waals surface area contributed by atoms with E-state index in [4.69, 9.17) is 5.11 Å². The molecular weight excluding hydrogens is 331 g/mol. The molecule has 1 aromatic heterocycles. The number of hydrogen-bond acceptors (Lipinski definition) is 3. The van der Waals surface area contributed by atoms with E-state index in [9.17, 15) is 14.0 Å². The number of carboxylic acid groups (broad SMARTS) is 1. The number of pyridine rings is 1. The molecule has 5 nitrogen and oxygen atoms in total. The Morgan fingerprint density at radius 1 is 1.30 bits per heavy atom. The first-order valence-corrected chi connectivity index (χ1v) is 6.22. The van der Waals surface area contributed by atoms with E-state index in [0.29, 0.717) is 0 Å².